The number of nitrogens with zero attached hydrogens (tertiary/aromatic N) is 5. The van der Waals surface area contributed by atoms with E-state index in [-0.39, 0.29) is 49.1 Å². The number of likely N-dealkylation sites (tertiary alicyclic amines) is 1. The quantitative estimate of drug-likeness (QED) is 0.500. The minimum Gasteiger partial charge on any atom is -0.388 e. The zero-order chi connectivity index (χ0) is 27.8. The number of carbonyl (C=O) groups excluding carboxylic acids is 1. The van der Waals surface area contributed by atoms with Gasteiger partial charge in [-0.05, 0) is 31.2 Å². The molecule has 2 fully saturated rings. The highest BCUT2D eigenvalue weighted by Gasteiger charge is 2.43. The third-order valence-electron chi connectivity index (χ3n) is 8.33. The summed E-state index contributed by atoms with van der Waals surface area (Å²) in [6.07, 6.45) is 2.08. The monoisotopic (exact) mass is 545 g/mol. The molecule has 1 amide bonds. The Kier molecular flexibility index (Phi) is 7.54. The summed E-state index contributed by atoms with van der Waals surface area (Å²) in [5, 5.41) is 15.7. The molecule has 1 aromatic carbocycles. The van der Waals surface area contributed by atoms with Crippen LogP contribution in [0.15, 0.2) is 41.5 Å². The van der Waals surface area contributed by atoms with Gasteiger partial charge < -0.3 is 10.0 Å². The van der Waals surface area contributed by atoms with Crippen molar-refractivity contribution < 1.29 is 23.1 Å². The van der Waals surface area contributed by atoms with Crippen molar-refractivity contribution in [3.63, 3.8) is 0 Å². The Morgan fingerprint density at radius 3 is 2.41 bits per heavy atom. The van der Waals surface area contributed by atoms with E-state index in [1.165, 1.54) is 46.5 Å². The van der Waals surface area contributed by atoms with Crippen LogP contribution in [-0.4, -0.2) is 60.1 Å². The van der Waals surface area contributed by atoms with Crippen LogP contribution in [0, 0.1) is 0 Å². The number of alkyl halides is 3. The lowest BCUT2D eigenvalue weighted by molar-refractivity contribution is -0.162. The second kappa shape index (κ2) is 10.7. The van der Waals surface area contributed by atoms with Crippen molar-refractivity contribution in [1.29, 1.82) is 0 Å². The number of aryl methyl sites for hydroxylation is 1. The standard InChI is InChI=1S/C28H34F3N5O3/c1-34-25(20-10-6-3-7-11-20)23-24(33-34)26(38)36(18-32-23)17-27(39)12-14-35(15-13-27)22(37)16-21(28(29,30)31)19-8-4-2-5-9-19/h2,4-5,8-9,18,20-21,39H,3,6-7,10-17H2,1H3. The number of halogens is 3. The average molecular weight is 546 g/mol. The van der Waals surface area contributed by atoms with Crippen LogP contribution in [0.4, 0.5) is 13.2 Å². The van der Waals surface area contributed by atoms with Crippen molar-refractivity contribution in [3.8, 4) is 0 Å². The van der Waals surface area contributed by atoms with Crippen LogP contribution in [0.25, 0.3) is 11.0 Å². The third-order valence-corrected chi connectivity index (χ3v) is 8.33. The second-order valence-corrected chi connectivity index (χ2v) is 11.0. The first-order valence-corrected chi connectivity index (χ1v) is 13.6. The maximum absolute atomic E-state index is 13.7. The molecular weight excluding hydrogens is 511 g/mol. The summed E-state index contributed by atoms with van der Waals surface area (Å²) in [6, 6.07) is 7.43. The molecule has 11 heteroatoms. The lowest BCUT2D eigenvalue weighted by Gasteiger charge is -2.39. The molecule has 39 heavy (non-hydrogen) atoms. The molecule has 2 aromatic heterocycles. The molecule has 1 N–H and O–H groups in total. The van der Waals surface area contributed by atoms with Crippen LogP contribution in [0.3, 0.4) is 0 Å². The Balaban J connectivity index is 1.26. The molecule has 0 spiro atoms. The van der Waals surface area contributed by atoms with Gasteiger partial charge in [-0.3, -0.25) is 18.8 Å². The van der Waals surface area contributed by atoms with Crippen LogP contribution in [0.2, 0.25) is 0 Å². The molecule has 3 heterocycles. The molecule has 8 nitrogen and oxygen atoms in total. The number of aliphatic hydroxyl groups is 1. The van der Waals surface area contributed by atoms with Gasteiger partial charge in [0.2, 0.25) is 5.91 Å². The molecule has 210 valence electrons. The molecular formula is C28H34F3N5O3. The predicted octanol–water partition coefficient (Wildman–Crippen LogP) is 4.27. The second-order valence-electron chi connectivity index (χ2n) is 11.0. The number of piperidine rings is 1. The van der Waals surface area contributed by atoms with Gasteiger partial charge in [0.15, 0.2) is 5.52 Å². The smallest absolute Gasteiger partial charge is 0.388 e. The van der Waals surface area contributed by atoms with Gasteiger partial charge in [-0.2, -0.15) is 18.3 Å². The van der Waals surface area contributed by atoms with Gasteiger partial charge in [-0.25, -0.2) is 4.98 Å². The number of hydrogen-bond donors (Lipinski definition) is 1. The van der Waals surface area contributed by atoms with Crippen molar-refractivity contribution >= 4 is 16.9 Å². The SMILES string of the molecule is Cn1nc2c(=O)n(CC3(O)CCN(C(=O)CC(c4ccccc4)C(F)(F)F)CC3)cnc2c1C1CCCCC1. The van der Waals surface area contributed by atoms with Crippen molar-refractivity contribution in [2.75, 3.05) is 13.1 Å². The minimum atomic E-state index is -4.55. The number of hydrogen-bond acceptors (Lipinski definition) is 5. The predicted molar refractivity (Wildman–Crippen MR) is 139 cm³/mol. The number of benzene rings is 1. The van der Waals surface area contributed by atoms with E-state index >= 15 is 0 Å². The molecule has 1 aliphatic carbocycles. The molecule has 2 aliphatic rings. The van der Waals surface area contributed by atoms with E-state index in [4.69, 9.17) is 0 Å². The van der Waals surface area contributed by atoms with E-state index in [0.717, 1.165) is 31.4 Å². The van der Waals surface area contributed by atoms with Gasteiger partial charge in [-0.1, -0.05) is 49.6 Å². The van der Waals surface area contributed by atoms with Gasteiger partial charge in [0.25, 0.3) is 5.56 Å². The fourth-order valence-corrected chi connectivity index (χ4v) is 6.12. The zero-order valence-corrected chi connectivity index (χ0v) is 22.0. The van der Waals surface area contributed by atoms with Crippen molar-refractivity contribution in [2.45, 2.75) is 81.5 Å². The lowest BCUT2D eigenvalue weighted by atomic mass is 9.86. The number of fused-ring (bicyclic) bond motifs is 1. The molecule has 0 radical (unpaired) electrons. The molecule has 5 rings (SSSR count). The molecule has 1 saturated heterocycles. The highest BCUT2D eigenvalue weighted by molar-refractivity contribution is 5.77. The Hall–Kier alpha value is -3.21. The van der Waals surface area contributed by atoms with E-state index in [9.17, 15) is 27.9 Å². The zero-order valence-electron chi connectivity index (χ0n) is 22.0. The van der Waals surface area contributed by atoms with E-state index in [2.05, 4.69) is 10.1 Å². The van der Waals surface area contributed by atoms with E-state index in [0.29, 0.717) is 11.4 Å². The van der Waals surface area contributed by atoms with Gasteiger partial charge in [-0.15, -0.1) is 0 Å². The lowest BCUT2D eigenvalue weighted by Crippen LogP contribution is -2.50. The first-order valence-electron chi connectivity index (χ1n) is 13.6. The summed E-state index contributed by atoms with van der Waals surface area (Å²) in [5.74, 6) is -2.17. The number of amides is 1. The van der Waals surface area contributed by atoms with Gasteiger partial charge in [0, 0.05) is 32.5 Å². The first kappa shape index (κ1) is 27.4. The maximum Gasteiger partial charge on any atom is 0.396 e. The van der Waals surface area contributed by atoms with Gasteiger partial charge >= 0.3 is 6.18 Å². The highest BCUT2D eigenvalue weighted by Crippen LogP contribution is 2.38. The first-order chi connectivity index (χ1) is 18.6. The summed E-state index contributed by atoms with van der Waals surface area (Å²) in [4.78, 5) is 32.0. The largest absolute Gasteiger partial charge is 0.396 e. The molecule has 1 atom stereocenters. The van der Waals surface area contributed by atoms with Crippen LogP contribution < -0.4 is 5.56 Å². The normalized spacial score (nSPS) is 19.4. The number of aromatic nitrogens is 4. The van der Waals surface area contributed by atoms with Crippen molar-refractivity contribution in [1.82, 2.24) is 24.2 Å². The van der Waals surface area contributed by atoms with Crippen LogP contribution in [-0.2, 0) is 18.4 Å². The Morgan fingerprint density at radius 1 is 1.10 bits per heavy atom. The van der Waals surface area contributed by atoms with Crippen molar-refractivity contribution in [3.05, 3.63) is 58.3 Å². The molecule has 3 aromatic rings. The summed E-state index contributed by atoms with van der Waals surface area (Å²) in [6.45, 7) is 0.185. The molecule has 1 unspecified atom stereocenters. The molecule has 0 bridgehead atoms. The van der Waals surface area contributed by atoms with E-state index < -0.39 is 30.0 Å². The Morgan fingerprint density at radius 2 is 1.77 bits per heavy atom. The fourth-order valence-electron chi connectivity index (χ4n) is 6.12. The molecule has 1 aliphatic heterocycles. The van der Waals surface area contributed by atoms with E-state index in [1.807, 2.05) is 7.05 Å². The fraction of sp³-hybridized carbons (Fsp3) is 0.571. The van der Waals surface area contributed by atoms with Crippen molar-refractivity contribution in [2.24, 2.45) is 7.05 Å². The van der Waals surface area contributed by atoms with E-state index in [1.54, 1.807) is 10.7 Å². The van der Waals surface area contributed by atoms with Crippen LogP contribution in [0.1, 0.15) is 74.5 Å². The van der Waals surface area contributed by atoms with Crippen LogP contribution >= 0.6 is 0 Å². The highest BCUT2D eigenvalue weighted by atomic mass is 19.4. The Labute approximate surface area is 224 Å². The summed E-state index contributed by atoms with van der Waals surface area (Å²) < 4.78 is 44.3. The Bertz CT molecular complexity index is 1370. The topological polar surface area (TPSA) is 93.2 Å². The van der Waals surface area contributed by atoms with Crippen LogP contribution in [0.5, 0.6) is 0 Å². The maximum atomic E-state index is 13.7. The number of carbonyl (C=O) groups is 1. The van der Waals surface area contributed by atoms with Gasteiger partial charge in [0.1, 0.15) is 5.52 Å². The van der Waals surface area contributed by atoms with Gasteiger partial charge in [0.05, 0.1) is 30.1 Å². The summed E-state index contributed by atoms with van der Waals surface area (Å²) in [5.41, 5.74) is 0.286. The minimum absolute atomic E-state index is 0.0265. The average Bonchev–Trinajstić information content (AvgIpc) is 3.26. The number of rotatable bonds is 6. The molecule has 1 saturated carbocycles. The third kappa shape index (κ3) is 5.73. The summed E-state index contributed by atoms with van der Waals surface area (Å²) >= 11 is 0. The summed E-state index contributed by atoms with van der Waals surface area (Å²) in [7, 11) is 1.83.